The summed E-state index contributed by atoms with van der Waals surface area (Å²) in [6.45, 7) is 3.28. The summed E-state index contributed by atoms with van der Waals surface area (Å²) in [4.78, 5) is 19.8. The number of nitrogens with zero attached hydrogens (tertiary/aromatic N) is 2. The molecule has 0 saturated carbocycles. The fourth-order valence-electron chi connectivity index (χ4n) is 3.32. The van der Waals surface area contributed by atoms with E-state index in [0.717, 1.165) is 22.5 Å². The monoisotopic (exact) mass is 437 g/mol. The van der Waals surface area contributed by atoms with Gasteiger partial charge in [0.05, 0.1) is 5.52 Å². The van der Waals surface area contributed by atoms with E-state index in [1.54, 1.807) is 37.4 Å². The third-order valence-corrected chi connectivity index (χ3v) is 5.01. The molecule has 2 aromatic heterocycles. The van der Waals surface area contributed by atoms with E-state index in [9.17, 15) is 18.0 Å². The molecule has 32 heavy (non-hydrogen) atoms. The molecule has 8 heteroatoms. The predicted octanol–water partition coefficient (Wildman–Crippen LogP) is 5.39. The van der Waals surface area contributed by atoms with E-state index in [0.29, 0.717) is 17.1 Å². The minimum atomic E-state index is -1.56. The van der Waals surface area contributed by atoms with E-state index in [2.05, 4.69) is 15.3 Å². The van der Waals surface area contributed by atoms with Crippen molar-refractivity contribution in [2.24, 2.45) is 0 Å². The first-order valence-electron chi connectivity index (χ1n) is 9.75. The number of hydrogen-bond acceptors (Lipinski definition) is 4. The SMILES string of the molecule is Cc1ccc2c(Oc3cccc(C(=O)NCc4cc(F)nc(F)c4F)c3C)ccnc2c1. The molecule has 0 fully saturated rings. The highest BCUT2D eigenvalue weighted by molar-refractivity contribution is 5.96. The minimum absolute atomic E-state index is 0.284. The maximum absolute atomic E-state index is 13.8. The Bertz CT molecular complexity index is 1340. The van der Waals surface area contributed by atoms with Gasteiger partial charge in [-0.25, -0.2) is 4.39 Å². The molecule has 0 bridgehead atoms. The summed E-state index contributed by atoms with van der Waals surface area (Å²) in [5, 5.41) is 3.30. The van der Waals surface area contributed by atoms with Gasteiger partial charge in [-0.15, -0.1) is 0 Å². The number of pyridine rings is 2. The van der Waals surface area contributed by atoms with E-state index in [1.807, 2.05) is 25.1 Å². The Balaban J connectivity index is 1.57. The molecule has 0 saturated heterocycles. The number of carbonyl (C=O) groups excluding carboxylic acids is 1. The second-order valence-corrected chi connectivity index (χ2v) is 7.25. The Morgan fingerprint density at radius 2 is 1.84 bits per heavy atom. The first kappa shape index (κ1) is 21.3. The fraction of sp³-hybridized carbons (Fsp3) is 0.125. The summed E-state index contributed by atoms with van der Waals surface area (Å²) in [5.41, 5.74) is 2.35. The van der Waals surface area contributed by atoms with Gasteiger partial charge in [-0.1, -0.05) is 12.1 Å². The number of rotatable bonds is 5. The maximum atomic E-state index is 13.8. The van der Waals surface area contributed by atoms with E-state index in [4.69, 9.17) is 4.74 Å². The van der Waals surface area contributed by atoms with Gasteiger partial charge in [-0.3, -0.25) is 9.78 Å². The standard InChI is InChI=1S/C24H18F3N3O2/c1-13-6-7-17-18(10-13)28-9-8-20(17)32-19-5-3-4-16(14(19)2)24(31)29-12-15-11-21(25)30-23(27)22(15)26/h3-11H,12H2,1-2H3,(H,29,31). The lowest BCUT2D eigenvalue weighted by Crippen LogP contribution is -2.24. The molecular weight excluding hydrogens is 419 g/mol. The fourth-order valence-corrected chi connectivity index (χ4v) is 3.32. The molecule has 0 spiro atoms. The number of aromatic nitrogens is 2. The van der Waals surface area contributed by atoms with Crippen molar-refractivity contribution in [1.29, 1.82) is 0 Å². The highest BCUT2D eigenvalue weighted by Gasteiger charge is 2.17. The number of halogens is 3. The Labute approximate surface area is 181 Å². The van der Waals surface area contributed by atoms with Crippen LogP contribution < -0.4 is 10.1 Å². The first-order chi connectivity index (χ1) is 15.3. The second-order valence-electron chi connectivity index (χ2n) is 7.25. The lowest BCUT2D eigenvalue weighted by Gasteiger charge is -2.14. The van der Waals surface area contributed by atoms with E-state index in [1.165, 1.54) is 0 Å². The van der Waals surface area contributed by atoms with Crippen LogP contribution in [0, 0.1) is 31.6 Å². The molecule has 1 N–H and O–H groups in total. The number of aryl methyl sites for hydroxylation is 1. The summed E-state index contributed by atoms with van der Waals surface area (Å²) in [6.07, 6.45) is 1.64. The molecule has 4 rings (SSSR count). The van der Waals surface area contributed by atoms with Gasteiger partial charge in [-0.05, 0) is 49.7 Å². The number of carbonyl (C=O) groups is 1. The van der Waals surface area contributed by atoms with Gasteiger partial charge in [-0.2, -0.15) is 13.8 Å². The summed E-state index contributed by atoms with van der Waals surface area (Å²) in [7, 11) is 0. The molecule has 0 aliphatic carbocycles. The number of fused-ring (bicyclic) bond motifs is 1. The average Bonchev–Trinajstić information content (AvgIpc) is 2.76. The first-order valence-corrected chi connectivity index (χ1v) is 9.75. The van der Waals surface area contributed by atoms with Crippen molar-refractivity contribution >= 4 is 16.8 Å². The Hall–Kier alpha value is -3.94. The minimum Gasteiger partial charge on any atom is -0.456 e. The largest absolute Gasteiger partial charge is 0.456 e. The van der Waals surface area contributed by atoms with Gasteiger partial charge < -0.3 is 10.1 Å². The third kappa shape index (κ3) is 4.25. The number of ether oxygens (including phenoxy) is 1. The van der Waals surface area contributed by atoms with Crippen LogP contribution in [0.25, 0.3) is 10.9 Å². The number of benzene rings is 2. The van der Waals surface area contributed by atoms with Crippen LogP contribution in [0.15, 0.2) is 54.7 Å². The third-order valence-electron chi connectivity index (χ3n) is 5.01. The van der Waals surface area contributed by atoms with Crippen LogP contribution in [0.2, 0.25) is 0 Å². The molecule has 0 atom stereocenters. The van der Waals surface area contributed by atoms with E-state index >= 15 is 0 Å². The number of hydrogen-bond donors (Lipinski definition) is 1. The van der Waals surface area contributed by atoms with Crippen LogP contribution in [0.1, 0.15) is 27.0 Å². The molecule has 1 amide bonds. The Morgan fingerprint density at radius 3 is 2.66 bits per heavy atom. The highest BCUT2D eigenvalue weighted by Crippen LogP contribution is 2.32. The summed E-state index contributed by atoms with van der Waals surface area (Å²) in [5.74, 6) is -3.53. The van der Waals surface area contributed by atoms with Crippen LogP contribution in [0.4, 0.5) is 13.2 Å². The molecule has 162 valence electrons. The lowest BCUT2D eigenvalue weighted by molar-refractivity contribution is 0.0949. The van der Waals surface area contributed by atoms with Crippen molar-refractivity contribution in [2.45, 2.75) is 20.4 Å². The van der Waals surface area contributed by atoms with Gasteiger partial charge in [0.1, 0.15) is 11.5 Å². The van der Waals surface area contributed by atoms with Crippen molar-refractivity contribution in [3.63, 3.8) is 0 Å². The molecular formula is C24H18F3N3O2. The second kappa shape index (κ2) is 8.66. The zero-order valence-corrected chi connectivity index (χ0v) is 17.2. The molecule has 0 unspecified atom stereocenters. The van der Waals surface area contributed by atoms with Gasteiger partial charge in [0.15, 0.2) is 5.82 Å². The maximum Gasteiger partial charge on any atom is 0.251 e. The molecule has 2 heterocycles. The van der Waals surface area contributed by atoms with Crippen molar-refractivity contribution in [1.82, 2.24) is 15.3 Å². The lowest BCUT2D eigenvalue weighted by atomic mass is 10.1. The number of amides is 1. The van der Waals surface area contributed by atoms with Crippen LogP contribution in [0.3, 0.4) is 0 Å². The van der Waals surface area contributed by atoms with Crippen LogP contribution in [0.5, 0.6) is 11.5 Å². The summed E-state index contributed by atoms with van der Waals surface area (Å²) < 4.78 is 46.4. The van der Waals surface area contributed by atoms with E-state index in [-0.39, 0.29) is 11.1 Å². The summed E-state index contributed by atoms with van der Waals surface area (Å²) >= 11 is 0. The van der Waals surface area contributed by atoms with Crippen molar-refractivity contribution in [3.8, 4) is 11.5 Å². The van der Waals surface area contributed by atoms with Crippen molar-refractivity contribution < 1.29 is 22.7 Å². The average molecular weight is 437 g/mol. The smallest absolute Gasteiger partial charge is 0.251 e. The van der Waals surface area contributed by atoms with Gasteiger partial charge in [0.25, 0.3) is 11.9 Å². The Morgan fingerprint density at radius 1 is 1.03 bits per heavy atom. The zero-order valence-electron chi connectivity index (χ0n) is 17.2. The summed E-state index contributed by atoms with van der Waals surface area (Å²) in [6, 6.07) is 13.2. The predicted molar refractivity (Wildman–Crippen MR) is 113 cm³/mol. The molecule has 4 aromatic rings. The van der Waals surface area contributed by atoms with E-state index < -0.39 is 30.2 Å². The molecule has 5 nitrogen and oxygen atoms in total. The van der Waals surface area contributed by atoms with Gasteiger partial charge in [0.2, 0.25) is 5.95 Å². The quantitative estimate of drug-likeness (QED) is 0.426. The zero-order chi connectivity index (χ0) is 22.8. The normalized spacial score (nSPS) is 10.9. The topological polar surface area (TPSA) is 64.1 Å². The van der Waals surface area contributed by atoms with Crippen LogP contribution in [-0.2, 0) is 6.54 Å². The van der Waals surface area contributed by atoms with Crippen LogP contribution >= 0.6 is 0 Å². The highest BCUT2D eigenvalue weighted by atomic mass is 19.2. The van der Waals surface area contributed by atoms with Gasteiger partial charge in [0, 0.05) is 40.9 Å². The van der Waals surface area contributed by atoms with Gasteiger partial charge >= 0.3 is 0 Å². The molecule has 2 aromatic carbocycles. The van der Waals surface area contributed by atoms with Crippen molar-refractivity contribution in [2.75, 3.05) is 0 Å². The molecule has 0 radical (unpaired) electrons. The molecule has 0 aliphatic heterocycles. The van der Waals surface area contributed by atoms with Crippen LogP contribution in [-0.4, -0.2) is 15.9 Å². The molecule has 0 aliphatic rings. The Kier molecular flexibility index (Phi) is 5.77. The van der Waals surface area contributed by atoms with Crippen molar-refractivity contribution in [3.05, 3.63) is 94.7 Å². The number of nitrogens with one attached hydrogen (secondary N) is 1.